The van der Waals surface area contributed by atoms with Gasteiger partial charge in [0.1, 0.15) is 0 Å². The quantitative estimate of drug-likeness (QED) is 0.796. The summed E-state index contributed by atoms with van der Waals surface area (Å²) >= 11 is 0. The maximum atomic E-state index is 3.49. The van der Waals surface area contributed by atoms with Crippen molar-refractivity contribution in [2.24, 2.45) is 11.3 Å². The van der Waals surface area contributed by atoms with Crippen LogP contribution in [0.3, 0.4) is 0 Å². The van der Waals surface area contributed by atoms with E-state index < -0.39 is 0 Å². The molecule has 0 aromatic carbocycles. The number of nitrogens with one attached hydrogen (secondary N) is 1. The monoisotopic (exact) mass is 238 g/mol. The lowest BCUT2D eigenvalue weighted by atomic mass is 9.80. The van der Waals surface area contributed by atoms with Gasteiger partial charge in [0.05, 0.1) is 0 Å². The summed E-state index contributed by atoms with van der Waals surface area (Å²) in [5.74, 6) is 0.769. The van der Waals surface area contributed by atoms with E-state index in [-0.39, 0.29) is 0 Å². The SMILES string of the molecule is CNC1CCN(C2CCCC2(C)C)C(C)C1C. The Balaban J connectivity index is 2.08. The molecule has 2 rings (SSSR count). The smallest absolute Gasteiger partial charge is 0.0149 e. The number of hydrogen-bond donors (Lipinski definition) is 1. The van der Waals surface area contributed by atoms with Gasteiger partial charge in [0, 0.05) is 24.7 Å². The first kappa shape index (κ1) is 13.4. The molecule has 2 aliphatic rings. The van der Waals surface area contributed by atoms with Gasteiger partial charge in [-0.25, -0.2) is 0 Å². The molecule has 4 unspecified atom stereocenters. The van der Waals surface area contributed by atoms with E-state index >= 15 is 0 Å². The van der Waals surface area contributed by atoms with Crippen molar-refractivity contribution in [3.63, 3.8) is 0 Å². The number of nitrogens with zero attached hydrogens (tertiary/aromatic N) is 1. The molecule has 1 N–H and O–H groups in total. The molecule has 2 nitrogen and oxygen atoms in total. The second kappa shape index (κ2) is 4.89. The molecule has 100 valence electrons. The normalized spacial score (nSPS) is 42.9. The van der Waals surface area contributed by atoms with Gasteiger partial charge in [-0.1, -0.05) is 27.2 Å². The first-order valence-corrected chi connectivity index (χ1v) is 7.40. The Morgan fingerprint density at radius 1 is 1.18 bits per heavy atom. The summed E-state index contributed by atoms with van der Waals surface area (Å²) in [5, 5.41) is 3.49. The van der Waals surface area contributed by atoms with E-state index in [0.29, 0.717) is 11.5 Å². The molecule has 2 fully saturated rings. The molecule has 0 aromatic heterocycles. The van der Waals surface area contributed by atoms with E-state index in [1.54, 1.807) is 0 Å². The fraction of sp³-hybridized carbons (Fsp3) is 1.00. The van der Waals surface area contributed by atoms with E-state index in [4.69, 9.17) is 0 Å². The van der Waals surface area contributed by atoms with E-state index in [1.165, 1.54) is 32.2 Å². The van der Waals surface area contributed by atoms with Crippen LogP contribution in [0.1, 0.15) is 53.4 Å². The first-order chi connectivity index (χ1) is 7.97. The third-order valence-corrected chi connectivity index (χ3v) is 5.59. The summed E-state index contributed by atoms with van der Waals surface area (Å²) in [5.41, 5.74) is 0.528. The zero-order valence-electron chi connectivity index (χ0n) is 12.3. The second-order valence-corrected chi connectivity index (χ2v) is 6.92. The molecule has 1 saturated carbocycles. The first-order valence-electron chi connectivity index (χ1n) is 7.40. The minimum absolute atomic E-state index is 0.528. The highest BCUT2D eigenvalue weighted by atomic mass is 15.2. The van der Waals surface area contributed by atoms with Crippen molar-refractivity contribution in [2.75, 3.05) is 13.6 Å². The highest BCUT2D eigenvalue weighted by molar-refractivity contribution is 4.98. The Hall–Kier alpha value is -0.0800. The molecule has 0 bridgehead atoms. The molecule has 1 aliphatic heterocycles. The summed E-state index contributed by atoms with van der Waals surface area (Å²) in [6.07, 6.45) is 5.55. The summed E-state index contributed by atoms with van der Waals surface area (Å²) in [7, 11) is 2.11. The van der Waals surface area contributed by atoms with E-state index in [9.17, 15) is 0 Å². The Bertz CT molecular complexity index is 262. The van der Waals surface area contributed by atoms with Crippen LogP contribution in [0.25, 0.3) is 0 Å². The minimum Gasteiger partial charge on any atom is -0.317 e. The number of piperidine rings is 1. The zero-order chi connectivity index (χ0) is 12.6. The fourth-order valence-corrected chi connectivity index (χ4v) is 4.16. The zero-order valence-corrected chi connectivity index (χ0v) is 12.3. The largest absolute Gasteiger partial charge is 0.317 e. The summed E-state index contributed by atoms with van der Waals surface area (Å²) in [4.78, 5) is 2.81. The lowest BCUT2D eigenvalue weighted by molar-refractivity contribution is 0.0121. The predicted octanol–water partition coefficient (Wildman–Crippen LogP) is 2.88. The van der Waals surface area contributed by atoms with Gasteiger partial charge >= 0.3 is 0 Å². The van der Waals surface area contributed by atoms with E-state index in [1.807, 2.05) is 0 Å². The predicted molar refractivity (Wildman–Crippen MR) is 74.2 cm³/mol. The van der Waals surface area contributed by atoms with Gasteiger partial charge in [-0.15, -0.1) is 0 Å². The van der Waals surface area contributed by atoms with Gasteiger partial charge < -0.3 is 5.32 Å². The van der Waals surface area contributed by atoms with Crippen molar-refractivity contribution in [3.05, 3.63) is 0 Å². The number of rotatable bonds is 2. The Morgan fingerprint density at radius 3 is 2.41 bits per heavy atom. The average molecular weight is 238 g/mol. The minimum atomic E-state index is 0.528. The molecule has 0 aromatic rings. The van der Waals surface area contributed by atoms with Gasteiger partial charge in [-0.3, -0.25) is 4.90 Å². The Labute approximate surface area is 107 Å². The van der Waals surface area contributed by atoms with Gasteiger partial charge in [0.2, 0.25) is 0 Å². The van der Waals surface area contributed by atoms with Gasteiger partial charge in [-0.2, -0.15) is 0 Å². The van der Waals surface area contributed by atoms with Crippen LogP contribution < -0.4 is 5.32 Å². The summed E-state index contributed by atoms with van der Waals surface area (Å²) < 4.78 is 0. The maximum Gasteiger partial charge on any atom is 0.0149 e. The molecule has 2 heteroatoms. The topological polar surface area (TPSA) is 15.3 Å². The molecule has 1 saturated heterocycles. The standard InChI is InChI=1S/C15H30N2/c1-11-12(2)17(10-8-13(11)16-5)14-7-6-9-15(14,3)4/h11-14,16H,6-10H2,1-5H3. The summed E-state index contributed by atoms with van der Waals surface area (Å²) in [6.45, 7) is 11.1. The lowest BCUT2D eigenvalue weighted by Crippen LogP contribution is -2.57. The van der Waals surface area contributed by atoms with Gasteiger partial charge in [-0.05, 0) is 44.6 Å². The van der Waals surface area contributed by atoms with Crippen molar-refractivity contribution in [1.29, 1.82) is 0 Å². The molecular formula is C15H30N2. The third-order valence-electron chi connectivity index (χ3n) is 5.59. The van der Waals surface area contributed by atoms with Crippen LogP contribution in [0, 0.1) is 11.3 Å². The van der Waals surface area contributed by atoms with Crippen molar-refractivity contribution < 1.29 is 0 Å². The highest BCUT2D eigenvalue weighted by Crippen LogP contribution is 2.43. The van der Waals surface area contributed by atoms with Crippen LogP contribution in [0.15, 0.2) is 0 Å². The highest BCUT2D eigenvalue weighted by Gasteiger charge is 2.43. The van der Waals surface area contributed by atoms with Crippen LogP contribution in [0.5, 0.6) is 0 Å². The van der Waals surface area contributed by atoms with Crippen molar-refractivity contribution in [2.45, 2.75) is 71.5 Å². The molecule has 1 aliphatic carbocycles. The van der Waals surface area contributed by atoms with Gasteiger partial charge in [0.15, 0.2) is 0 Å². The van der Waals surface area contributed by atoms with Crippen LogP contribution in [0.4, 0.5) is 0 Å². The fourth-order valence-electron chi connectivity index (χ4n) is 4.16. The van der Waals surface area contributed by atoms with Crippen LogP contribution in [-0.4, -0.2) is 36.6 Å². The number of likely N-dealkylation sites (tertiary alicyclic amines) is 1. The second-order valence-electron chi connectivity index (χ2n) is 6.92. The Morgan fingerprint density at radius 2 is 1.88 bits per heavy atom. The van der Waals surface area contributed by atoms with Crippen molar-refractivity contribution in [3.8, 4) is 0 Å². The molecule has 0 amide bonds. The van der Waals surface area contributed by atoms with Crippen LogP contribution in [-0.2, 0) is 0 Å². The van der Waals surface area contributed by atoms with Crippen molar-refractivity contribution in [1.82, 2.24) is 10.2 Å². The molecule has 0 spiro atoms. The van der Waals surface area contributed by atoms with E-state index in [0.717, 1.165) is 18.0 Å². The molecule has 4 atom stereocenters. The third kappa shape index (κ3) is 2.39. The van der Waals surface area contributed by atoms with Crippen molar-refractivity contribution >= 4 is 0 Å². The van der Waals surface area contributed by atoms with Crippen LogP contribution >= 0.6 is 0 Å². The molecule has 0 radical (unpaired) electrons. The molecule has 17 heavy (non-hydrogen) atoms. The molecule has 1 heterocycles. The number of hydrogen-bond acceptors (Lipinski definition) is 2. The summed E-state index contributed by atoms with van der Waals surface area (Å²) in [6, 6.07) is 2.26. The van der Waals surface area contributed by atoms with Crippen LogP contribution in [0.2, 0.25) is 0 Å². The lowest BCUT2D eigenvalue weighted by Gasteiger charge is -2.49. The van der Waals surface area contributed by atoms with Gasteiger partial charge in [0.25, 0.3) is 0 Å². The average Bonchev–Trinajstić information content (AvgIpc) is 2.62. The maximum absolute atomic E-state index is 3.49. The van der Waals surface area contributed by atoms with E-state index in [2.05, 4.69) is 45.0 Å². The molecular weight excluding hydrogens is 208 g/mol. The Kier molecular flexibility index (Phi) is 3.84.